The molecule has 1 aromatic rings. The molecule has 5 heteroatoms. The standard InChI is InChI=1S/C15H23F2NO2/c1-5-10(2)11(3)18-9-12-7-6-8-13(19-4)14(12)20-15(16)17/h6-8,10-11,15,18H,5,9H2,1-4H3. The Morgan fingerprint density at radius 2 is 1.95 bits per heavy atom. The largest absolute Gasteiger partial charge is 0.493 e. The van der Waals surface area contributed by atoms with Gasteiger partial charge in [-0.15, -0.1) is 0 Å². The number of para-hydroxylation sites is 1. The van der Waals surface area contributed by atoms with E-state index >= 15 is 0 Å². The molecule has 0 spiro atoms. The van der Waals surface area contributed by atoms with Crippen molar-refractivity contribution in [2.24, 2.45) is 5.92 Å². The molecular weight excluding hydrogens is 264 g/mol. The second-order valence-electron chi connectivity index (χ2n) is 4.88. The highest BCUT2D eigenvalue weighted by atomic mass is 19.3. The average molecular weight is 287 g/mol. The van der Waals surface area contributed by atoms with Crippen molar-refractivity contribution in [1.82, 2.24) is 5.32 Å². The molecule has 1 N–H and O–H groups in total. The first kappa shape index (κ1) is 16.7. The van der Waals surface area contributed by atoms with Crippen molar-refractivity contribution in [3.63, 3.8) is 0 Å². The number of benzene rings is 1. The average Bonchev–Trinajstić information content (AvgIpc) is 2.44. The molecule has 0 heterocycles. The highest BCUT2D eigenvalue weighted by Gasteiger charge is 2.16. The predicted octanol–water partition coefficient (Wildman–Crippen LogP) is 3.82. The SMILES string of the molecule is CCC(C)C(C)NCc1cccc(OC)c1OC(F)F. The van der Waals surface area contributed by atoms with Crippen LogP contribution >= 0.6 is 0 Å². The van der Waals surface area contributed by atoms with Crippen molar-refractivity contribution in [1.29, 1.82) is 0 Å². The van der Waals surface area contributed by atoms with Crippen LogP contribution in [-0.4, -0.2) is 19.8 Å². The van der Waals surface area contributed by atoms with Gasteiger partial charge in [0.25, 0.3) is 0 Å². The fourth-order valence-corrected chi connectivity index (χ4v) is 1.91. The molecule has 114 valence electrons. The first-order valence-electron chi connectivity index (χ1n) is 6.83. The monoisotopic (exact) mass is 287 g/mol. The molecule has 0 aliphatic heterocycles. The molecule has 2 unspecified atom stereocenters. The number of hydrogen-bond acceptors (Lipinski definition) is 3. The Bertz CT molecular complexity index is 413. The summed E-state index contributed by atoms with van der Waals surface area (Å²) in [6.07, 6.45) is 1.06. The van der Waals surface area contributed by atoms with E-state index in [2.05, 4.69) is 30.8 Å². The topological polar surface area (TPSA) is 30.5 Å². The number of halogens is 2. The second kappa shape index (κ2) is 8.04. The minimum Gasteiger partial charge on any atom is -0.493 e. The zero-order valence-electron chi connectivity index (χ0n) is 12.5. The van der Waals surface area contributed by atoms with Crippen molar-refractivity contribution in [3.8, 4) is 11.5 Å². The van der Waals surface area contributed by atoms with Crippen LogP contribution in [0.15, 0.2) is 18.2 Å². The molecule has 0 fully saturated rings. The molecule has 0 amide bonds. The maximum Gasteiger partial charge on any atom is 0.387 e. The van der Waals surface area contributed by atoms with E-state index in [1.165, 1.54) is 7.11 Å². The molecule has 1 rings (SSSR count). The Balaban J connectivity index is 2.83. The van der Waals surface area contributed by atoms with Crippen LogP contribution in [0.1, 0.15) is 32.8 Å². The molecule has 0 aliphatic carbocycles. The minimum atomic E-state index is -2.86. The summed E-state index contributed by atoms with van der Waals surface area (Å²) in [4.78, 5) is 0. The van der Waals surface area contributed by atoms with E-state index in [4.69, 9.17) is 4.74 Å². The normalized spacial score (nSPS) is 14.2. The van der Waals surface area contributed by atoms with Crippen molar-refractivity contribution in [2.75, 3.05) is 7.11 Å². The van der Waals surface area contributed by atoms with Gasteiger partial charge in [0.15, 0.2) is 11.5 Å². The highest BCUT2D eigenvalue weighted by molar-refractivity contribution is 5.46. The lowest BCUT2D eigenvalue weighted by Gasteiger charge is -2.21. The molecular formula is C15H23F2NO2. The summed E-state index contributed by atoms with van der Waals surface area (Å²) in [6.45, 7) is 3.96. The minimum absolute atomic E-state index is 0.105. The molecule has 1 aromatic carbocycles. The lowest BCUT2D eigenvalue weighted by atomic mass is 10.0. The Hall–Kier alpha value is -1.36. The van der Waals surface area contributed by atoms with Gasteiger partial charge in [-0.2, -0.15) is 8.78 Å². The molecule has 0 aliphatic rings. The number of ether oxygens (including phenoxy) is 2. The van der Waals surface area contributed by atoms with Crippen LogP contribution in [0.25, 0.3) is 0 Å². The summed E-state index contributed by atoms with van der Waals surface area (Å²) in [5, 5.41) is 3.33. The Labute approximate surface area is 119 Å². The Morgan fingerprint density at radius 1 is 1.25 bits per heavy atom. The van der Waals surface area contributed by atoms with E-state index in [1.807, 2.05) is 0 Å². The van der Waals surface area contributed by atoms with Crippen LogP contribution in [0.3, 0.4) is 0 Å². The van der Waals surface area contributed by atoms with Crippen LogP contribution in [0.4, 0.5) is 8.78 Å². The second-order valence-corrected chi connectivity index (χ2v) is 4.88. The summed E-state index contributed by atoms with van der Waals surface area (Å²) in [5.41, 5.74) is 0.666. The summed E-state index contributed by atoms with van der Waals surface area (Å²) in [6, 6.07) is 5.43. The van der Waals surface area contributed by atoms with Gasteiger partial charge < -0.3 is 14.8 Å². The molecule has 0 radical (unpaired) electrons. The number of alkyl halides is 2. The molecule has 0 bridgehead atoms. The maximum atomic E-state index is 12.5. The van der Waals surface area contributed by atoms with Crippen LogP contribution < -0.4 is 14.8 Å². The van der Waals surface area contributed by atoms with Gasteiger partial charge in [0.05, 0.1) is 7.11 Å². The molecule has 0 saturated heterocycles. The van der Waals surface area contributed by atoms with Gasteiger partial charge >= 0.3 is 6.61 Å². The highest BCUT2D eigenvalue weighted by Crippen LogP contribution is 2.32. The summed E-state index contributed by atoms with van der Waals surface area (Å²) < 4.78 is 34.7. The first-order valence-corrected chi connectivity index (χ1v) is 6.83. The number of nitrogens with one attached hydrogen (secondary N) is 1. The third-order valence-corrected chi connectivity index (χ3v) is 3.60. The Kier molecular flexibility index (Phi) is 6.71. The molecule has 0 saturated carbocycles. The number of hydrogen-bond donors (Lipinski definition) is 1. The van der Waals surface area contributed by atoms with Gasteiger partial charge in [0.2, 0.25) is 0 Å². The lowest BCUT2D eigenvalue weighted by molar-refractivity contribution is -0.0519. The third kappa shape index (κ3) is 4.63. The quantitative estimate of drug-likeness (QED) is 0.788. The lowest BCUT2D eigenvalue weighted by Crippen LogP contribution is -2.31. The van der Waals surface area contributed by atoms with Gasteiger partial charge in [-0.3, -0.25) is 0 Å². The fourth-order valence-electron chi connectivity index (χ4n) is 1.91. The molecule has 2 atom stereocenters. The van der Waals surface area contributed by atoms with Gasteiger partial charge in [0, 0.05) is 18.2 Å². The zero-order chi connectivity index (χ0) is 15.1. The summed E-state index contributed by atoms with van der Waals surface area (Å²) in [7, 11) is 1.44. The van der Waals surface area contributed by atoms with Crippen molar-refractivity contribution in [3.05, 3.63) is 23.8 Å². The van der Waals surface area contributed by atoms with Gasteiger partial charge in [0.1, 0.15) is 0 Å². The third-order valence-electron chi connectivity index (χ3n) is 3.60. The van der Waals surface area contributed by atoms with E-state index in [-0.39, 0.29) is 5.75 Å². The predicted molar refractivity (Wildman–Crippen MR) is 75.4 cm³/mol. The first-order chi connectivity index (χ1) is 9.49. The fraction of sp³-hybridized carbons (Fsp3) is 0.600. The van der Waals surface area contributed by atoms with E-state index in [1.54, 1.807) is 18.2 Å². The summed E-state index contributed by atoms with van der Waals surface area (Å²) in [5.74, 6) is 0.940. The molecule has 3 nitrogen and oxygen atoms in total. The van der Waals surface area contributed by atoms with E-state index in [0.29, 0.717) is 29.8 Å². The van der Waals surface area contributed by atoms with E-state index < -0.39 is 6.61 Å². The van der Waals surface area contributed by atoms with E-state index in [0.717, 1.165) is 6.42 Å². The smallest absolute Gasteiger partial charge is 0.387 e. The molecule has 0 aromatic heterocycles. The summed E-state index contributed by atoms with van der Waals surface area (Å²) >= 11 is 0. The van der Waals surface area contributed by atoms with Gasteiger partial charge in [-0.1, -0.05) is 32.4 Å². The molecule has 20 heavy (non-hydrogen) atoms. The number of methoxy groups -OCH3 is 1. The van der Waals surface area contributed by atoms with Crippen LogP contribution in [0.2, 0.25) is 0 Å². The zero-order valence-corrected chi connectivity index (χ0v) is 12.5. The van der Waals surface area contributed by atoms with Gasteiger partial charge in [-0.05, 0) is 18.9 Å². The van der Waals surface area contributed by atoms with Crippen LogP contribution in [0.5, 0.6) is 11.5 Å². The maximum absolute atomic E-state index is 12.5. The van der Waals surface area contributed by atoms with Crippen LogP contribution in [-0.2, 0) is 6.54 Å². The van der Waals surface area contributed by atoms with Crippen molar-refractivity contribution in [2.45, 2.75) is 46.4 Å². The van der Waals surface area contributed by atoms with Gasteiger partial charge in [-0.25, -0.2) is 0 Å². The number of rotatable bonds is 8. The van der Waals surface area contributed by atoms with E-state index in [9.17, 15) is 8.78 Å². The van der Waals surface area contributed by atoms with Crippen LogP contribution in [0, 0.1) is 5.92 Å². The Morgan fingerprint density at radius 3 is 2.50 bits per heavy atom. The van der Waals surface area contributed by atoms with Crippen molar-refractivity contribution >= 4 is 0 Å². The van der Waals surface area contributed by atoms with Crippen molar-refractivity contribution < 1.29 is 18.3 Å².